The minimum atomic E-state index is -4.29. The van der Waals surface area contributed by atoms with Crippen molar-refractivity contribution in [2.24, 2.45) is 49.3 Å². The number of alkyl halides is 3. The van der Waals surface area contributed by atoms with Crippen LogP contribution in [0.1, 0.15) is 60.5 Å². The Labute approximate surface area is 667 Å². The van der Waals surface area contributed by atoms with Crippen molar-refractivity contribution in [3.05, 3.63) is 241 Å². The summed E-state index contributed by atoms with van der Waals surface area (Å²) in [4.78, 5) is 122. The van der Waals surface area contributed by atoms with Gasteiger partial charge in [0.1, 0.15) is 53.1 Å². The standard InChI is InChI=1S/C13H15N3O.C12H12F3N3O.2C12H15N3O.C11H12N2O3S.C11H12N2O2.C11H12N2OS/c1-8-14-12-7-10(15-9-3-4-9)5-6-11(12)13(17)16(8)2;1-7-17-10-5-8(16-6-12(13,14)15)3-4-9(10)11(19)18(7)2;1-8-13-11-7-9(14(2)3)5-6-10(11)12(16)15(8)4;1-4-13-9-5-6-10-11(7-9)14-8(2)15(3)12(10)16;1-7-12-10-5-4-8(17-16-15-3)6-9(10)11(14)13(7)2;2*1-7-12-10-5-4-8(15-3)6-9(10)11(14)13(7)2/h5-7,9,15H,3-4H2,1-2H3;3-5,16H,6H2,1-2H3;5-7H,1-4H3;5-7,13H,4H2,1-3H3;4-6H,1-3H3;2*4-6H,1-3H3. The fourth-order valence-corrected chi connectivity index (χ4v) is 12.3. The minimum Gasteiger partial charge on any atom is -0.497 e. The number of aromatic nitrogens is 14. The molecule has 15 rings (SSSR count). The second-order valence-electron chi connectivity index (χ2n) is 27.1. The number of anilines is 4. The van der Waals surface area contributed by atoms with E-state index in [1.807, 2.05) is 146 Å². The maximum absolute atomic E-state index is 12.1. The lowest BCUT2D eigenvalue weighted by molar-refractivity contribution is -0.160. The van der Waals surface area contributed by atoms with Crippen LogP contribution >= 0.6 is 23.8 Å². The number of fused-ring (bicyclic) bond motifs is 7. The lowest BCUT2D eigenvalue weighted by Gasteiger charge is -2.13. The Bertz CT molecular complexity index is 6330. The monoisotopic (exact) mass is 1610 g/mol. The molecule has 0 saturated heterocycles. The van der Waals surface area contributed by atoms with Crippen molar-refractivity contribution < 1.29 is 27.1 Å². The molecular weight excluding hydrogens is 1520 g/mol. The third-order valence-corrected chi connectivity index (χ3v) is 20.4. The molecule has 28 nitrogen and oxygen atoms in total. The first-order valence-electron chi connectivity index (χ1n) is 36.2. The summed E-state index contributed by atoms with van der Waals surface area (Å²) in [6.07, 6.45) is 0.181. The average molecular weight is 1610 g/mol. The second kappa shape index (κ2) is 37.7. The van der Waals surface area contributed by atoms with Crippen LogP contribution in [-0.2, 0) is 58.6 Å². The molecule has 7 aromatic heterocycles. The highest BCUT2D eigenvalue weighted by atomic mass is 32.2. The maximum atomic E-state index is 12.1. The van der Waals surface area contributed by atoms with Crippen molar-refractivity contribution in [3.8, 4) is 5.75 Å². The molecule has 3 N–H and O–H groups in total. The first kappa shape index (κ1) is 86.9. The number of thioether (sulfide) groups is 1. The van der Waals surface area contributed by atoms with Crippen molar-refractivity contribution in [1.29, 1.82) is 0 Å². The van der Waals surface area contributed by atoms with E-state index in [2.05, 4.69) is 55.7 Å². The van der Waals surface area contributed by atoms with Gasteiger partial charge in [-0.25, -0.2) is 39.8 Å². The Kier molecular flexibility index (Phi) is 28.5. The molecule has 0 amide bonds. The number of ether oxygens (including phenoxy) is 1. The number of nitrogens with zero attached hydrogens (tertiary/aromatic N) is 15. The van der Waals surface area contributed by atoms with Gasteiger partial charge >= 0.3 is 6.18 Å². The fraction of sp³-hybridized carbons (Fsp3) is 0.317. The lowest BCUT2D eigenvalue weighted by Crippen LogP contribution is -2.22. The van der Waals surface area contributed by atoms with Gasteiger partial charge < -0.3 is 25.6 Å². The Morgan fingerprint density at radius 1 is 0.417 bits per heavy atom. The van der Waals surface area contributed by atoms with Crippen LogP contribution in [0.5, 0.6) is 5.75 Å². The number of rotatable bonds is 12. The number of hydrogen-bond donors (Lipinski definition) is 3. The van der Waals surface area contributed by atoms with Gasteiger partial charge in [-0.3, -0.25) is 65.5 Å². The van der Waals surface area contributed by atoms with Crippen LogP contribution in [0.15, 0.2) is 171 Å². The topological polar surface area (TPSA) is 311 Å². The van der Waals surface area contributed by atoms with E-state index in [-0.39, 0.29) is 44.6 Å². The zero-order valence-electron chi connectivity index (χ0n) is 67.8. The summed E-state index contributed by atoms with van der Waals surface area (Å²) in [6, 6.07) is 38.5. The van der Waals surface area contributed by atoms with Crippen LogP contribution < -0.4 is 64.5 Å². The molecule has 0 aliphatic heterocycles. The van der Waals surface area contributed by atoms with Gasteiger partial charge in [-0.15, -0.1) is 11.8 Å². The molecule has 0 radical (unpaired) electrons. The van der Waals surface area contributed by atoms with E-state index in [4.69, 9.17) is 9.07 Å². The SMILES string of the molecule is CCNc1ccc2c(=O)n(C)c(C)nc2c1.COOSc1ccc2nc(C)n(C)c(=O)c2c1.COc1ccc2nc(C)n(C)c(=O)c2c1.CSc1ccc2nc(C)n(C)c(=O)c2c1.Cc1nc2cc(N(C)C)ccc2c(=O)n1C.Cc1nc2cc(NC3CC3)ccc2c(=O)n1C.Cc1nc2cc(NCC(F)(F)F)ccc2c(=O)n1C. The van der Waals surface area contributed by atoms with Gasteiger partial charge in [-0.2, -0.15) is 17.5 Å². The van der Waals surface area contributed by atoms with Gasteiger partial charge in [-0.1, -0.05) is 0 Å². The van der Waals surface area contributed by atoms with Crippen LogP contribution in [0.25, 0.3) is 76.3 Å². The van der Waals surface area contributed by atoms with Crippen LogP contribution in [-0.4, -0.2) is 127 Å². The first-order chi connectivity index (χ1) is 54.4. The van der Waals surface area contributed by atoms with E-state index < -0.39 is 12.7 Å². The third kappa shape index (κ3) is 21.2. The van der Waals surface area contributed by atoms with Crippen molar-refractivity contribution in [3.63, 3.8) is 0 Å². The second-order valence-corrected chi connectivity index (χ2v) is 28.8. The normalized spacial score (nSPS) is 11.6. The summed E-state index contributed by atoms with van der Waals surface area (Å²) in [5.41, 5.74) is 7.94. The summed E-state index contributed by atoms with van der Waals surface area (Å²) in [7, 11) is 18.9. The largest absolute Gasteiger partial charge is 0.497 e. The molecule has 115 heavy (non-hydrogen) atoms. The van der Waals surface area contributed by atoms with Gasteiger partial charge in [0.05, 0.1) is 103 Å². The van der Waals surface area contributed by atoms with Gasteiger partial charge in [0.2, 0.25) is 0 Å². The number of methoxy groups -OCH3 is 1. The Morgan fingerprint density at radius 2 is 0.748 bits per heavy atom. The molecule has 14 aromatic rings. The van der Waals surface area contributed by atoms with Gasteiger partial charge in [-0.05, 0) is 202 Å². The number of aryl methyl sites for hydroxylation is 7. The van der Waals surface area contributed by atoms with Gasteiger partial charge in [0, 0.05) is 109 Å². The first-order valence-corrected chi connectivity index (χ1v) is 38.2. The lowest BCUT2D eigenvalue weighted by atomic mass is 10.2. The number of benzene rings is 7. The zero-order valence-corrected chi connectivity index (χ0v) is 69.4. The molecule has 1 saturated carbocycles. The number of hydrogen-bond acceptors (Lipinski definition) is 23. The van der Waals surface area contributed by atoms with Crippen LogP contribution in [0.2, 0.25) is 0 Å². The molecule has 0 atom stereocenters. The van der Waals surface area contributed by atoms with Crippen molar-refractivity contribution in [1.82, 2.24) is 66.9 Å². The zero-order chi connectivity index (χ0) is 84.2. The Balaban J connectivity index is 0.000000154. The van der Waals surface area contributed by atoms with E-state index in [0.29, 0.717) is 83.5 Å². The van der Waals surface area contributed by atoms with Crippen molar-refractivity contribution >= 4 is 123 Å². The summed E-state index contributed by atoms with van der Waals surface area (Å²) in [5.74, 6) is 5.51. The maximum Gasteiger partial charge on any atom is 0.405 e. The average Bonchev–Trinajstić information content (AvgIpc) is 1.20. The smallest absolute Gasteiger partial charge is 0.405 e. The minimum absolute atomic E-state index is 0.00514. The fourth-order valence-electron chi connectivity index (χ4n) is 11.4. The molecule has 604 valence electrons. The predicted molar refractivity (Wildman–Crippen MR) is 454 cm³/mol. The van der Waals surface area contributed by atoms with Crippen LogP contribution in [0.4, 0.5) is 35.9 Å². The highest BCUT2D eigenvalue weighted by Gasteiger charge is 2.27. The molecular formula is C82H93F3N18O10S2. The molecule has 0 bridgehead atoms. The van der Waals surface area contributed by atoms with E-state index in [9.17, 15) is 46.7 Å². The van der Waals surface area contributed by atoms with Crippen molar-refractivity contribution in [2.45, 2.75) is 90.2 Å². The van der Waals surface area contributed by atoms with E-state index in [1.165, 1.54) is 51.9 Å². The molecule has 1 aliphatic carbocycles. The highest BCUT2D eigenvalue weighted by molar-refractivity contribution is 7.98. The van der Waals surface area contributed by atoms with Crippen LogP contribution in [0, 0.1) is 48.5 Å². The molecule has 1 aliphatic rings. The Hall–Kier alpha value is -12.1. The summed E-state index contributed by atoms with van der Waals surface area (Å²) >= 11 is 2.68. The summed E-state index contributed by atoms with van der Waals surface area (Å²) in [6.45, 7) is 14.4. The van der Waals surface area contributed by atoms with E-state index >= 15 is 0 Å². The number of halogens is 3. The van der Waals surface area contributed by atoms with Gasteiger partial charge in [0.15, 0.2) is 0 Å². The van der Waals surface area contributed by atoms with Crippen LogP contribution in [0.3, 0.4) is 0 Å². The highest BCUT2D eigenvalue weighted by Crippen LogP contribution is 2.28. The quantitative estimate of drug-likeness (QED) is 0.0443. The van der Waals surface area contributed by atoms with Gasteiger partial charge in [0.25, 0.3) is 38.9 Å². The molecule has 7 aromatic carbocycles. The molecule has 1 fully saturated rings. The molecule has 7 heterocycles. The summed E-state index contributed by atoms with van der Waals surface area (Å²) in [5, 5.41) is 13.1. The predicted octanol–water partition coefficient (Wildman–Crippen LogP) is 12.1. The Morgan fingerprint density at radius 3 is 1.11 bits per heavy atom. The number of nitrogens with one attached hydrogen (secondary N) is 3. The molecule has 0 spiro atoms. The molecule has 0 unspecified atom stereocenters. The molecule has 33 heteroatoms. The summed E-state index contributed by atoms with van der Waals surface area (Å²) < 4.78 is 56.9. The van der Waals surface area contributed by atoms with E-state index in [1.54, 1.807) is 131 Å². The third-order valence-electron chi connectivity index (χ3n) is 19.0. The van der Waals surface area contributed by atoms with E-state index in [0.717, 1.165) is 90.8 Å². The van der Waals surface area contributed by atoms with Crippen molar-refractivity contribution in [2.75, 3.05) is 68.5 Å².